The maximum absolute atomic E-state index is 12.8. The molecule has 0 aliphatic rings. The summed E-state index contributed by atoms with van der Waals surface area (Å²) in [6.45, 7) is -0.0798. The number of aliphatic hydroxyl groups excluding tert-OH is 1. The van der Waals surface area contributed by atoms with E-state index in [1.54, 1.807) is 44.4 Å². The second kappa shape index (κ2) is 7.37. The van der Waals surface area contributed by atoms with E-state index in [0.717, 1.165) is 16.7 Å². The molecule has 0 atom stereocenters. The van der Waals surface area contributed by atoms with Crippen LogP contribution in [-0.4, -0.2) is 14.2 Å². The molecule has 0 saturated heterocycles. The summed E-state index contributed by atoms with van der Waals surface area (Å²) >= 11 is 0. The van der Waals surface area contributed by atoms with E-state index in [9.17, 15) is 14.7 Å². The summed E-state index contributed by atoms with van der Waals surface area (Å²) in [4.78, 5) is 25.6. The summed E-state index contributed by atoms with van der Waals surface area (Å²) in [6, 6.07) is 16.6. The average Bonchev–Trinajstić information content (AvgIpc) is 2.68. The largest absolute Gasteiger partial charge is 0.392 e. The first-order valence-corrected chi connectivity index (χ1v) is 8.25. The molecule has 0 aliphatic heterocycles. The van der Waals surface area contributed by atoms with Crippen molar-refractivity contribution >= 4 is 12.2 Å². The van der Waals surface area contributed by atoms with Gasteiger partial charge >= 0.3 is 0 Å². The van der Waals surface area contributed by atoms with Gasteiger partial charge in [-0.3, -0.25) is 9.59 Å². The molecule has 1 heterocycles. The molecular weight excluding hydrogens is 328 g/mol. The molecule has 0 radical (unpaired) electrons. The van der Waals surface area contributed by atoms with Crippen LogP contribution in [0.5, 0.6) is 0 Å². The predicted octanol–water partition coefficient (Wildman–Crippen LogP) is 0.234. The average molecular weight is 348 g/mol. The van der Waals surface area contributed by atoms with Crippen molar-refractivity contribution in [2.75, 3.05) is 0 Å². The van der Waals surface area contributed by atoms with Crippen molar-refractivity contribution in [2.24, 2.45) is 14.1 Å². The van der Waals surface area contributed by atoms with Crippen LogP contribution in [0.4, 0.5) is 0 Å². The number of aromatic nitrogens is 2. The Balaban J connectivity index is 2.28. The summed E-state index contributed by atoms with van der Waals surface area (Å²) in [5.74, 6) is 0. The van der Waals surface area contributed by atoms with Gasteiger partial charge in [0.25, 0.3) is 11.1 Å². The standard InChI is InChI=1S/C21H20N2O3/c1-22-18(12-15-7-4-3-5-8-15)20(25)23(2)19(21(22)26)13-16-9-6-10-17(11-16)14-24/h3-13,24H,14H2,1-2H3/b18-12-,19-13-. The zero-order valence-electron chi connectivity index (χ0n) is 14.7. The van der Waals surface area contributed by atoms with Gasteiger partial charge in [-0.15, -0.1) is 0 Å². The first-order valence-electron chi connectivity index (χ1n) is 8.25. The lowest BCUT2D eigenvalue weighted by Crippen LogP contribution is -2.56. The Hall–Kier alpha value is -3.18. The van der Waals surface area contributed by atoms with Crippen molar-refractivity contribution in [1.29, 1.82) is 0 Å². The Labute approximate surface area is 150 Å². The Bertz CT molecular complexity index is 1170. The fourth-order valence-electron chi connectivity index (χ4n) is 2.81. The van der Waals surface area contributed by atoms with Crippen LogP contribution in [0.3, 0.4) is 0 Å². The third-order valence-corrected chi connectivity index (χ3v) is 4.31. The minimum absolute atomic E-state index is 0.0798. The molecule has 3 rings (SSSR count). The maximum Gasteiger partial charge on any atom is 0.274 e. The van der Waals surface area contributed by atoms with Crippen LogP contribution in [0.1, 0.15) is 16.7 Å². The number of hydrogen-bond acceptors (Lipinski definition) is 3. The predicted molar refractivity (Wildman–Crippen MR) is 102 cm³/mol. The minimum Gasteiger partial charge on any atom is -0.392 e. The second-order valence-corrected chi connectivity index (χ2v) is 6.10. The molecule has 5 heteroatoms. The lowest BCUT2D eigenvalue weighted by molar-refractivity contribution is 0.282. The quantitative estimate of drug-likeness (QED) is 0.737. The van der Waals surface area contributed by atoms with E-state index >= 15 is 0 Å². The monoisotopic (exact) mass is 348 g/mol. The van der Waals surface area contributed by atoms with Gasteiger partial charge in [-0.05, 0) is 34.9 Å². The molecule has 0 amide bonds. The van der Waals surface area contributed by atoms with Gasteiger partial charge in [-0.1, -0.05) is 48.5 Å². The second-order valence-electron chi connectivity index (χ2n) is 6.10. The Morgan fingerprint density at radius 3 is 1.92 bits per heavy atom. The molecule has 5 nitrogen and oxygen atoms in total. The molecule has 3 aromatic rings. The smallest absolute Gasteiger partial charge is 0.274 e. The van der Waals surface area contributed by atoms with Crippen LogP contribution in [0.15, 0.2) is 64.2 Å². The van der Waals surface area contributed by atoms with E-state index in [2.05, 4.69) is 0 Å². The van der Waals surface area contributed by atoms with E-state index in [1.165, 1.54) is 9.13 Å². The summed E-state index contributed by atoms with van der Waals surface area (Å²) in [6.07, 6.45) is 3.37. The van der Waals surface area contributed by atoms with Crippen molar-refractivity contribution in [3.8, 4) is 0 Å². The molecule has 132 valence electrons. The summed E-state index contributed by atoms with van der Waals surface area (Å²) in [5, 5.41) is 9.88. The highest BCUT2D eigenvalue weighted by Crippen LogP contribution is 2.05. The highest BCUT2D eigenvalue weighted by Gasteiger charge is 2.05. The lowest BCUT2D eigenvalue weighted by atomic mass is 10.1. The van der Waals surface area contributed by atoms with Crippen LogP contribution in [-0.2, 0) is 20.7 Å². The Kier molecular flexibility index (Phi) is 5.00. The molecule has 2 aromatic carbocycles. The zero-order valence-corrected chi connectivity index (χ0v) is 14.7. The number of nitrogens with zero attached hydrogens (tertiary/aromatic N) is 2. The van der Waals surface area contributed by atoms with Crippen molar-refractivity contribution in [1.82, 2.24) is 9.13 Å². The van der Waals surface area contributed by atoms with Crippen LogP contribution < -0.4 is 21.8 Å². The summed E-state index contributed by atoms with van der Waals surface area (Å²) in [5.41, 5.74) is 1.84. The van der Waals surface area contributed by atoms with E-state index in [0.29, 0.717) is 5.35 Å². The summed E-state index contributed by atoms with van der Waals surface area (Å²) in [7, 11) is 3.19. The number of benzene rings is 2. The highest BCUT2D eigenvalue weighted by molar-refractivity contribution is 5.50. The number of aliphatic hydroxyl groups is 1. The molecule has 0 fully saturated rings. The fraction of sp³-hybridized carbons (Fsp3) is 0.143. The van der Waals surface area contributed by atoms with E-state index in [-0.39, 0.29) is 23.1 Å². The van der Waals surface area contributed by atoms with Gasteiger partial charge in [-0.25, -0.2) is 0 Å². The first-order chi connectivity index (χ1) is 12.5. The molecular formula is C21H20N2O3. The van der Waals surface area contributed by atoms with Gasteiger partial charge in [0.05, 0.1) is 6.61 Å². The van der Waals surface area contributed by atoms with E-state index in [4.69, 9.17) is 0 Å². The topological polar surface area (TPSA) is 64.2 Å². The van der Waals surface area contributed by atoms with Gasteiger partial charge < -0.3 is 14.2 Å². The summed E-state index contributed by atoms with van der Waals surface area (Å²) < 4.78 is 2.74. The first kappa shape index (κ1) is 17.6. The molecule has 0 unspecified atom stereocenters. The van der Waals surface area contributed by atoms with Crippen molar-refractivity contribution < 1.29 is 5.11 Å². The molecule has 1 aromatic heterocycles. The number of hydrogen-bond donors (Lipinski definition) is 1. The van der Waals surface area contributed by atoms with Crippen LogP contribution >= 0.6 is 0 Å². The third kappa shape index (κ3) is 3.43. The highest BCUT2D eigenvalue weighted by atomic mass is 16.3. The van der Waals surface area contributed by atoms with Gasteiger partial charge in [0, 0.05) is 14.1 Å². The van der Waals surface area contributed by atoms with Crippen molar-refractivity contribution in [3.63, 3.8) is 0 Å². The Morgan fingerprint density at radius 2 is 1.35 bits per heavy atom. The van der Waals surface area contributed by atoms with Crippen molar-refractivity contribution in [2.45, 2.75) is 6.61 Å². The van der Waals surface area contributed by atoms with Crippen LogP contribution in [0.25, 0.3) is 12.2 Å². The van der Waals surface area contributed by atoms with Gasteiger partial charge in [0.2, 0.25) is 0 Å². The van der Waals surface area contributed by atoms with Gasteiger partial charge in [-0.2, -0.15) is 0 Å². The zero-order chi connectivity index (χ0) is 18.7. The van der Waals surface area contributed by atoms with Crippen LogP contribution in [0, 0.1) is 0 Å². The van der Waals surface area contributed by atoms with Gasteiger partial charge in [0.15, 0.2) is 0 Å². The Morgan fingerprint density at radius 1 is 0.808 bits per heavy atom. The van der Waals surface area contributed by atoms with Crippen LogP contribution in [0.2, 0.25) is 0 Å². The normalized spacial score (nSPS) is 12.6. The fourth-order valence-corrected chi connectivity index (χ4v) is 2.81. The third-order valence-electron chi connectivity index (χ3n) is 4.31. The minimum atomic E-state index is -0.260. The van der Waals surface area contributed by atoms with Crippen molar-refractivity contribution in [3.05, 3.63) is 103 Å². The molecule has 0 saturated carbocycles. The van der Waals surface area contributed by atoms with E-state index in [1.807, 2.05) is 36.4 Å². The molecule has 1 N–H and O–H groups in total. The molecule has 0 aliphatic carbocycles. The lowest BCUT2D eigenvalue weighted by Gasteiger charge is -2.05. The van der Waals surface area contributed by atoms with E-state index < -0.39 is 0 Å². The molecule has 0 bridgehead atoms. The number of rotatable bonds is 3. The maximum atomic E-state index is 12.8. The van der Waals surface area contributed by atoms with Gasteiger partial charge in [0.1, 0.15) is 10.7 Å². The molecule has 0 spiro atoms. The SMILES string of the molecule is Cn1c(=O)/c(=C/c2cccc(CO)c2)n(C)c(=O)/c1=C/c1ccccc1. The molecule has 26 heavy (non-hydrogen) atoms.